The van der Waals surface area contributed by atoms with Crippen LogP contribution in [0.15, 0.2) is 46.0 Å². The predicted octanol–water partition coefficient (Wildman–Crippen LogP) is 2.04. The predicted molar refractivity (Wildman–Crippen MR) is 128 cm³/mol. The van der Waals surface area contributed by atoms with Gasteiger partial charge in [0.2, 0.25) is 5.91 Å². The molecule has 5 rings (SSSR count). The number of hydrogen-bond acceptors (Lipinski definition) is 9. The number of morpholine rings is 1. The lowest BCUT2D eigenvalue weighted by Crippen LogP contribution is -2.55. The summed E-state index contributed by atoms with van der Waals surface area (Å²) < 4.78 is 24.7. The van der Waals surface area contributed by atoms with E-state index in [1.807, 2.05) is 5.38 Å². The molecular formula is C23H23ClFN5O4S. The van der Waals surface area contributed by atoms with Crippen LogP contribution in [0, 0.1) is 5.82 Å². The van der Waals surface area contributed by atoms with E-state index in [1.165, 1.54) is 36.6 Å². The molecule has 0 saturated carbocycles. The zero-order valence-corrected chi connectivity index (χ0v) is 20.4. The van der Waals surface area contributed by atoms with E-state index in [4.69, 9.17) is 26.1 Å². The van der Waals surface area contributed by atoms with Crippen LogP contribution in [0.3, 0.4) is 0 Å². The van der Waals surface area contributed by atoms with Gasteiger partial charge in [-0.15, -0.1) is 11.3 Å². The molecule has 2 N–H and O–H groups in total. The molecule has 1 amide bonds. The number of fused-ring (bicyclic) bond motifs is 2. The van der Waals surface area contributed by atoms with E-state index in [0.717, 1.165) is 0 Å². The molecule has 0 aliphatic carbocycles. The largest absolute Gasteiger partial charge is 0.466 e. The summed E-state index contributed by atoms with van der Waals surface area (Å²) in [5, 5.41) is 8.83. The van der Waals surface area contributed by atoms with E-state index in [2.05, 4.69) is 20.5 Å². The van der Waals surface area contributed by atoms with Crippen LogP contribution in [0.5, 0.6) is 0 Å². The van der Waals surface area contributed by atoms with Crippen molar-refractivity contribution >= 4 is 40.6 Å². The van der Waals surface area contributed by atoms with Crippen LogP contribution >= 0.6 is 22.9 Å². The van der Waals surface area contributed by atoms with Crippen LogP contribution in [0.4, 0.5) is 4.39 Å². The van der Waals surface area contributed by atoms with Gasteiger partial charge in [0, 0.05) is 53.4 Å². The molecule has 1 aromatic carbocycles. The highest BCUT2D eigenvalue weighted by atomic mass is 35.5. The van der Waals surface area contributed by atoms with Gasteiger partial charge in [0.25, 0.3) is 0 Å². The summed E-state index contributed by atoms with van der Waals surface area (Å²) in [6, 6.07) is 2.94. The summed E-state index contributed by atoms with van der Waals surface area (Å²) in [6.07, 6.45) is 1.95. The number of hydrogen-bond donors (Lipinski definition) is 2. The molecule has 2 bridgehead atoms. The van der Waals surface area contributed by atoms with Crippen molar-refractivity contribution in [3.63, 3.8) is 0 Å². The number of nitrogens with one attached hydrogen (secondary N) is 2. The van der Waals surface area contributed by atoms with Crippen LogP contribution in [-0.2, 0) is 19.1 Å². The number of rotatable bonds is 5. The quantitative estimate of drug-likeness (QED) is 0.582. The molecule has 35 heavy (non-hydrogen) atoms. The maximum Gasteiger partial charge on any atom is 0.338 e. The van der Waals surface area contributed by atoms with Gasteiger partial charge in [-0.25, -0.2) is 14.2 Å². The van der Waals surface area contributed by atoms with Gasteiger partial charge in [0.1, 0.15) is 11.9 Å². The second kappa shape index (κ2) is 10.0. The van der Waals surface area contributed by atoms with E-state index in [-0.39, 0.29) is 35.0 Å². The molecule has 4 heterocycles. The van der Waals surface area contributed by atoms with Crippen molar-refractivity contribution in [1.29, 1.82) is 0 Å². The lowest BCUT2D eigenvalue weighted by atomic mass is 9.94. The summed E-state index contributed by atoms with van der Waals surface area (Å²) in [6.45, 7) is 1.62. The van der Waals surface area contributed by atoms with E-state index in [1.54, 1.807) is 6.20 Å². The molecule has 3 atom stereocenters. The maximum absolute atomic E-state index is 13.8. The third kappa shape index (κ3) is 4.81. The Balaban J connectivity index is 1.61. The first kappa shape index (κ1) is 23.9. The number of methoxy groups -OCH3 is 1. The van der Waals surface area contributed by atoms with Gasteiger partial charge in [-0.2, -0.15) is 0 Å². The maximum atomic E-state index is 13.8. The van der Waals surface area contributed by atoms with Crippen molar-refractivity contribution in [2.24, 2.45) is 4.99 Å². The first-order valence-electron chi connectivity index (χ1n) is 11.1. The zero-order valence-electron chi connectivity index (χ0n) is 18.8. The monoisotopic (exact) mass is 519 g/mol. The van der Waals surface area contributed by atoms with Gasteiger partial charge in [0.15, 0.2) is 10.8 Å². The van der Waals surface area contributed by atoms with Gasteiger partial charge in [0.05, 0.1) is 31.9 Å². The number of esters is 1. The molecule has 12 heteroatoms. The molecule has 9 nitrogen and oxygen atoms in total. The second-order valence-corrected chi connectivity index (χ2v) is 9.72. The van der Waals surface area contributed by atoms with Gasteiger partial charge >= 0.3 is 5.97 Å². The fourth-order valence-corrected chi connectivity index (χ4v) is 5.47. The highest BCUT2D eigenvalue weighted by molar-refractivity contribution is 7.11. The normalized spacial score (nSPS) is 24.8. The third-order valence-electron chi connectivity index (χ3n) is 6.28. The summed E-state index contributed by atoms with van der Waals surface area (Å²) in [5.74, 6) is -0.633. The number of carbonyl (C=O) groups is 2. The van der Waals surface area contributed by atoms with E-state index >= 15 is 0 Å². The molecular weight excluding hydrogens is 497 g/mol. The van der Waals surface area contributed by atoms with Crippen LogP contribution < -0.4 is 10.6 Å². The van der Waals surface area contributed by atoms with Crippen molar-refractivity contribution in [3.8, 4) is 0 Å². The Kier molecular flexibility index (Phi) is 6.83. The van der Waals surface area contributed by atoms with Crippen molar-refractivity contribution in [1.82, 2.24) is 20.5 Å². The molecule has 3 aliphatic rings. The van der Waals surface area contributed by atoms with Crippen molar-refractivity contribution < 1.29 is 23.5 Å². The van der Waals surface area contributed by atoms with Gasteiger partial charge in [-0.3, -0.25) is 14.7 Å². The van der Waals surface area contributed by atoms with Gasteiger partial charge in [-0.1, -0.05) is 17.7 Å². The molecule has 0 radical (unpaired) electrons. The summed E-state index contributed by atoms with van der Waals surface area (Å²) in [4.78, 5) is 36.6. The second-order valence-electron chi connectivity index (χ2n) is 8.42. The van der Waals surface area contributed by atoms with Crippen LogP contribution in [0.25, 0.3) is 0 Å². The fourth-order valence-electron chi connectivity index (χ4n) is 4.61. The number of thiazole rings is 1. The fraction of sp³-hybridized carbons (Fsp3) is 0.391. The number of carbonyl (C=O) groups excluding carboxylic acids is 2. The van der Waals surface area contributed by atoms with Gasteiger partial charge in [-0.05, 0) is 12.1 Å². The molecule has 2 aromatic rings. The Morgan fingerprint density at radius 1 is 1.37 bits per heavy atom. The number of nitrogens with zero attached hydrogens (tertiary/aromatic N) is 3. The smallest absolute Gasteiger partial charge is 0.338 e. The van der Waals surface area contributed by atoms with Crippen LogP contribution in [0.2, 0.25) is 5.02 Å². The Morgan fingerprint density at radius 3 is 2.94 bits per heavy atom. The number of aromatic nitrogens is 1. The number of benzene rings is 1. The molecule has 3 aliphatic heterocycles. The minimum atomic E-state index is -0.839. The van der Waals surface area contributed by atoms with Crippen LogP contribution in [-0.4, -0.2) is 73.1 Å². The Hall–Kier alpha value is -2.86. The average Bonchev–Trinajstić information content (AvgIpc) is 3.36. The Labute approximate surface area is 210 Å². The topological polar surface area (TPSA) is 105 Å². The van der Waals surface area contributed by atoms with Crippen LogP contribution in [0.1, 0.15) is 23.0 Å². The van der Waals surface area contributed by atoms with E-state index in [9.17, 15) is 14.0 Å². The molecule has 0 spiro atoms. The van der Waals surface area contributed by atoms with Gasteiger partial charge < -0.3 is 20.1 Å². The minimum Gasteiger partial charge on any atom is -0.466 e. The number of ether oxygens (including phenoxy) is 2. The number of aliphatic imine (C=N–C) groups is 1. The molecule has 184 valence electrons. The number of halogens is 2. The average molecular weight is 520 g/mol. The number of amidine groups is 1. The molecule has 2 fully saturated rings. The first-order valence-corrected chi connectivity index (χ1v) is 12.3. The molecule has 2 unspecified atom stereocenters. The highest BCUT2D eigenvalue weighted by Gasteiger charge is 2.39. The lowest BCUT2D eigenvalue weighted by Gasteiger charge is -2.41. The minimum absolute atomic E-state index is 0.0345. The van der Waals surface area contributed by atoms with Crippen molar-refractivity contribution in [3.05, 3.63) is 62.5 Å². The zero-order chi connectivity index (χ0) is 24.5. The first-order chi connectivity index (χ1) is 16.9. The lowest BCUT2D eigenvalue weighted by molar-refractivity contribution is -0.136. The van der Waals surface area contributed by atoms with Crippen molar-refractivity contribution in [2.45, 2.75) is 24.5 Å². The summed E-state index contributed by atoms with van der Waals surface area (Å²) >= 11 is 7.81. The standard InChI is InChI=1S/C23H23ClFN5O4S/c1-33-23(32)19-17(9-30-13-7-18(31)27-8-14(30)11-34-10-13)28-21(22-26-4-5-35-22)29-20(19)15-3-2-12(25)6-16(15)24/h2-6,13-14,20H,7-11H2,1H3,(H,27,31)(H,28,29)/t13?,14?,20-/m0/s1. The van der Waals surface area contributed by atoms with E-state index < -0.39 is 17.8 Å². The summed E-state index contributed by atoms with van der Waals surface area (Å²) in [5.41, 5.74) is 1.30. The summed E-state index contributed by atoms with van der Waals surface area (Å²) in [7, 11) is 1.30. The highest BCUT2D eigenvalue weighted by Crippen LogP contribution is 2.37. The number of amides is 1. The molecule has 1 aromatic heterocycles. The molecule has 2 saturated heterocycles. The van der Waals surface area contributed by atoms with E-state index in [0.29, 0.717) is 48.4 Å². The van der Waals surface area contributed by atoms with Crippen molar-refractivity contribution in [2.75, 3.05) is 33.4 Å². The Morgan fingerprint density at radius 2 is 2.20 bits per heavy atom. The third-order valence-corrected chi connectivity index (χ3v) is 7.39. The SMILES string of the molecule is COC(=O)C1=C(CN2C3CNC(=O)CC2COC3)NC(c2nccs2)=N[C@H]1c1ccc(F)cc1Cl. The Bertz CT molecular complexity index is 1200.